The van der Waals surface area contributed by atoms with Crippen LogP contribution in [0.1, 0.15) is 44.7 Å². The highest BCUT2D eigenvalue weighted by Crippen LogP contribution is 2.29. The van der Waals surface area contributed by atoms with Crippen LogP contribution >= 0.6 is 11.6 Å². The van der Waals surface area contributed by atoms with Crippen LogP contribution < -0.4 is 4.74 Å². The molecule has 0 saturated carbocycles. The lowest BCUT2D eigenvalue weighted by Crippen LogP contribution is -2.06. The van der Waals surface area contributed by atoms with Crippen molar-refractivity contribution in [2.45, 2.75) is 46.3 Å². The third-order valence-electron chi connectivity index (χ3n) is 4.67. The van der Waals surface area contributed by atoms with Crippen molar-refractivity contribution in [2.24, 2.45) is 5.16 Å². The lowest BCUT2D eigenvalue weighted by atomic mass is 10.1. The molecule has 0 atom stereocenters. The van der Waals surface area contributed by atoms with Crippen molar-refractivity contribution < 1.29 is 19.5 Å². The molecule has 32 heavy (non-hydrogen) atoms. The zero-order valence-electron chi connectivity index (χ0n) is 18.3. The average molecular weight is 456 g/mol. The number of aryl methyl sites for hydroxylation is 1. The SMILES string of the molecule is C=C(O/N=C(\C)c1cccc2nn(CCCC(=O)O)cc12)c1ccc(OC(C)C)c(Cl)c1. The summed E-state index contributed by atoms with van der Waals surface area (Å²) in [6, 6.07) is 11.1. The molecule has 1 N–H and O–H groups in total. The molecule has 0 fully saturated rings. The van der Waals surface area contributed by atoms with Gasteiger partial charge in [-0.3, -0.25) is 9.48 Å². The highest BCUT2D eigenvalue weighted by molar-refractivity contribution is 6.32. The first kappa shape index (κ1) is 23.3. The lowest BCUT2D eigenvalue weighted by molar-refractivity contribution is -0.137. The number of nitrogens with zero attached hydrogens (tertiary/aromatic N) is 3. The molecule has 3 aromatic rings. The number of hydrogen-bond acceptors (Lipinski definition) is 5. The molecular weight excluding hydrogens is 430 g/mol. The minimum Gasteiger partial charge on any atom is -0.489 e. The number of halogens is 1. The number of fused-ring (bicyclic) bond motifs is 1. The van der Waals surface area contributed by atoms with Gasteiger partial charge in [0.15, 0.2) is 5.76 Å². The first-order valence-electron chi connectivity index (χ1n) is 10.3. The summed E-state index contributed by atoms with van der Waals surface area (Å²) < 4.78 is 7.40. The molecule has 1 heterocycles. The van der Waals surface area contributed by atoms with E-state index in [1.165, 1.54) is 0 Å². The van der Waals surface area contributed by atoms with Crippen LogP contribution in [0.5, 0.6) is 5.75 Å². The van der Waals surface area contributed by atoms with Crippen molar-refractivity contribution in [1.29, 1.82) is 0 Å². The Kier molecular flexibility index (Phi) is 7.53. The minimum atomic E-state index is -0.814. The normalized spacial score (nSPS) is 11.7. The maximum Gasteiger partial charge on any atom is 0.303 e. The fraction of sp³-hybridized carbons (Fsp3) is 0.292. The van der Waals surface area contributed by atoms with Crippen LogP contribution in [0.25, 0.3) is 16.7 Å². The van der Waals surface area contributed by atoms with Crippen molar-refractivity contribution >= 4 is 39.9 Å². The summed E-state index contributed by atoms with van der Waals surface area (Å²) in [5.41, 5.74) is 3.04. The van der Waals surface area contributed by atoms with Gasteiger partial charge in [0.05, 0.1) is 22.4 Å². The number of rotatable bonds is 10. The summed E-state index contributed by atoms with van der Waals surface area (Å²) in [5.74, 6) is 0.148. The third kappa shape index (κ3) is 5.88. The van der Waals surface area contributed by atoms with Crippen molar-refractivity contribution in [3.63, 3.8) is 0 Å². The summed E-state index contributed by atoms with van der Waals surface area (Å²) in [5, 5.41) is 19.0. The summed E-state index contributed by atoms with van der Waals surface area (Å²) in [4.78, 5) is 16.3. The smallest absolute Gasteiger partial charge is 0.303 e. The molecule has 0 aliphatic carbocycles. The number of aliphatic carboxylic acids is 1. The molecule has 0 spiro atoms. The average Bonchev–Trinajstić information content (AvgIpc) is 3.15. The van der Waals surface area contributed by atoms with Crippen molar-refractivity contribution in [3.8, 4) is 5.75 Å². The van der Waals surface area contributed by atoms with Gasteiger partial charge in [-0.1, -0.05) is 35.5 Å². The first-order valence-corrected chi connectivity index (χ1v) is 10.7. The maximum absolute atomic E-state index is 10.7. The van der Waals surface area contributed by atoms with E-state index >= 15 is 0 Å². The Bertz CT molecular complexity index is 1170. The fourth-order valence-corrected chi connectivity index (χ4v) is 3.39. The predicted molar refractivity (Wildman–Crippen MR) is 126 cm³/mol. The van der Waals surface area contributed by atoms with Crippen molar-refractivity contribution in [3.05, 3.63) is 65.3 Å². The van der Waals surface area contributed by atoms with E-state index in [0.717, 1.165) is 16.5 Å². The maximum atomic E-state index is 10.7. The quantitative estimate of drug-likeness (QED) is 0.239. The van der Waals surface area contributed by atoms with Gasteiger partial charge in [-0.25, -0.2) is 0 Å². The van der Waals surface area contributed by atoms with Gasteiger partial charge in [0.25, 0.3) is 0 Å². The second kappa shape index (κ2) is 10.3. The van der Waals surface area contributed by atoms with E-state index in [4.69, 9.17) is 26.3 Å². The Morgan fingerprint density at radius 3 is 2.78 bits per heavy atom. The number of aromatic nitrogens is 2. The molecule has 2 aromatic carbocycles. The molecule has 0 bridgehead atoms. The van der Waals surface area contributed by atoms with E-state index in [1.54, 1.807) is 16.8 Å². The first-order chi connectivity index (χ1) is 15.2. The van der Waals surface area contributed by atoms with Gasteiger partial charge in [-0.15, -0.1) is 0 Å². The summed E-state index contributed by atoms with van der Waals surface area (Å²) >= 11 is 6.30. The largest absolute Gasteiger partial charge is 0.489 e. The van der Waals surface area contributed by atoms with E-state index in [1.807, 2.05) is 51.2 Å². The molecule has 0 saturated heterocycles. The van der Waals surface area contributed by atoms with Crippen LogP contribution in [0, 0.1) is 0 Å². The number of carboxylic acid groups (broad SMARTS) is 1. The molecule has 0 amide bonds. The molecule has 0 aliphatic rings. The Morgan fingerprint density at radius 1 is 1.31 bits per heavy atom. The molecule has 1 aromatic heterocycles. The molecule has 168 valence electrons. The van der Waals surface area contributed by atoms with E-state index in [9.17, 15) is 4.79 Å². The topological polar surface area (TPSA) is 85.9 Å². The number of carboxylic acids is 1. The third-order valence-corrected chi connectivity index (χ3v) is 4.97. The molecule has 7 nitrogen and oxygen atoms in total. The van der Waals surface area contributed by atoms with E-state index < -0.39 is 5.97 Å². The van der Waals surface area contributed by atoms with Crippen LogP contribution in [0.15, 0.2) is 54.3 Å². The number of benzene rings is 2. The summed E-state index contributed by atoms with van der Waals surface area (Å²) in [6.45, 7) is 10.2. The number of carbonyl (C=O) groups is 1. The van der Waals surface area contributed by atoms with E-state index in [2.05, 4.69) is 16.8 Å². The van der Waals surface area contributed by atoms with Gasteiger partial charge < -0.3 is 14.7 Å². The molecular formula is C24H26ClN3O4. The Morgan fingerprint density at radius 2 is 2.09 bits per heavy atom. The number of hydrogen-bond donors (Lipinski definition) is 1. The Labute approximate surface area is 191 Å². The highest BCUT2D eigenvalue weighted by atomic mass is 35.5. The molecule has 0 radical (unpaired) electrons. The van der Waals surface area contributed by atoms with Gasteiger partial charge >= 0.3 is 5.97 Å². The second-order valence-electron chi connectivity index (χ2n) is 7.63. The number of oxime groups is 1. The van der Waals surface area contributed by atoms with Crippen molar-refractivity contribution in [1.82, 2.24) is 9.78 Å². The fourth-order valence-electron chi connectivity index (χ4n) is 3.16. The van der Waals surface area contributed by atoms with E-state index in [-0.39, 0.29) is 12.5 Å². The van der Waals surface area contributed by atoms with Gasteiger partial charge in [-0.05, 0) is 51.5 Å². The van der Waals surface area contributed by atoms with Crippen LogP contribution in [0.2, 0.25) is 5.02 Å². The zero-order chi connectivity index (χ0) is 23.3. The van der Waals surface area contributed by atoms with Crippen molar-refractivity contribution in [2.75, 3.05) is 0 Å². The predicted octanol–water partition coefficient (Wildman–Crippen LogP) is 5.75. The van der Waals surface area contributed by atoms with Gasteiger partial charge in [-0.2, -0.15) is 5.10 Å². The van der Waals surface area contributed by atoms with Gasteiger partial charge in [0, 0.05) is 35.7 Å². The minimum absolute atomic E-state index is 0.0225. The zero-order valence-corrected chi connectivity index (χ0v) is 19.1. The van der Waals surface area contributed by atoms with Crippen LogP contribution in [0.4, 0.5) is 0 Å². The van der Waals surface area contributed by atoms with Gasteiger partial charge in [0.1, 0.15) is 5.75 Å². The molecule has 0 unspecified atom stereocenters. The molecule has 8 heteroatoms. The van der Waals surface area contributed by atoms with Crippen LogP contribution in [-0.4, -0.2) is 32.7 Å². The van der Waals surface area contributed by atoms with Crippen LogP contribution in [0.3, 0.4) is 0 Å². The van der Waals surface area contributed by atoms with Gasteiger partial charge in [0.2, 0.25) is 0 Å². The highest BCUT2D eigenvalue weighted by Gasteiger charge is 2.11. The summed E-state index contributed by atoms with van der Waals surface area (Å²) in [6.07, 6.45) is 2.54. The standard InChI is InChI=1S/C24H26ClN3O4/c1-15(2)31-23-11-10-18(13-21(23)25)17(4)32-27-16(3)19-7-5-8-22-20(19)14-28(26-22)12-6-9-24(29)30/h5,7-8,10-11,13-15H,4,6,9,12H2,1-3H3,(H,29,30)/b27-16+. The second-order valence-corrected chi connectivity index (χ2v) is 8.04. The molecule has 3 rings (SSSR count). The molecule has 0 aliphatic heterocycles. The summed E-state index contributed by atoms with van der Waals surface area (Å²) in [7, 11) is 0. The van der Waals surface area contributed by atoms with E-state index in [0.29, 0.717) is 40.8 Å². The van der Waals surface area contributed by atoms with Crippen LogP contribution in [-0.2, 0) is 16.2 Å². The lowest BCUT2D eigenvalue weighted by Gasteiger charge is -2.12. The Hall–Kier alpha value is -3.32. The number of ether oxygens (including phenoxy) is 1. The monoisotopic (exact) mass is 455 g/mol. The Balaban J connectivity index is 1.74.